The van der Waals surface area contributed by atoms with Gasteiger partial charge in [-0.25, -0.2) is 0 Å². The number of aliphatic hydroxyl groups excluding tert-OH is 1. The number of para-hydroxylation sites is 1. The average Bonchev–Trinajstić information content (AvgIpc) is 3.03. The van der Waals surface area contributed by atoms with E-state index in [0.29, 0.717) is 28.8 Å². The van der Waals surface area contributed by atoms with Crippen LogP contribution in [0, 0.1) is 6.92 Å². The fourth-order valence-electron chi connectivity index (χ4n) is 3.35. The Morgan fingerprint density at radius 3 is 2.62 bits per heavy atom. The molecule has 0 saturated carbocycles. The molecule has 0 spiro atoms. The van der Waals surface area contributed by atoms with E-state index in [2.05, 4.69) is 5.32 Å². The standard InChI is InChI=1S/C21H19F3N2O3/c1-13-10-14(8-9-21(22,23)24)6-7-16(13)20(29)25-18-11-15-4-2-3-5-17(15)26(18)19(28)12-27/h2-10,18,27H,11-12H2,1H3,(H,25,29). The minimum Gasteiger partial charge on any atom is -0.387 e. The Hall–Kier alpha value is -3.13. The number of aryl methyl sites for hydroxylation is 1. The molecule has 1 aliphatic rings. The Labute approximate surface area is 165 Å². The third-order valence-corrected chi connectivity index (χ3v) is 4.64. The predicted molar refractivity (Wildman–Crippen MR) is 102 cm³/mol. The Balaban J connectivity index is 1.79. The van der Waals surface area contributed by atoms with Crippen molar-refractivity contribution in [2.45, 2.75) is 25.7 Å². The summed E-state index contributed by atoms with van der Waals surface area (Å²) in [5, 5.41) is 12.1. The van der Waals surface area contributed by atoms with Crippen molar-refractivity contribution in [3.63, 3.8) is 0 Å². The van der Waals surface area contributed by atoms with E-state index in [1.165, 1.54) is 23.1 Å². The van der Waals surface area contributed by atoms with Crippen molar-refractivity contribution in [1.82, 2.24) is 5.32 Å². The van der Waals surface area contributed by atoms with Crippen LogP contribution in [0.2, 0.25) is 0 Å². The summed E-state index contributed by atoms with van der Waals surface area (Å²) < 4.78 is 37.0. The van der Waals surface area contributed by atoms with Crippen molar-refractivity contribution in [2.75, 3.05) is 11.5 Å². The molecule has 2 aromatic carbocycles. The minimum atomic E-state index is -4.41. The van der Waals surface area contributed by atoms with Gasteiger partial charge >= 0.3 is 6.18 Å². The second kappa shape index (κ2) is 8.08. The van der Waals surface area contributed by atoms with Gasteiger partial charge in [0.15, 0.2) is 0 Å². The lowest BCUT2D eigenvalue weighted by atomic mass is 10.0. The summed E-state index contributed by atoms with van der Waals surface area (Å²) in [7, 11) is 0. The van der Waals surface area contributed by atoms with Gasteiger partial charge in [0.25, 0.3) is 11.8 Å². The molecule has 2 aromatic rings. The molecular formula is C21H19F3N2O3. The Bertz CT molecular complexity index is 970. The fraction of sp³-hybridized carbons (Fsp3) is 0.238. The molecule has 29 heavy (non-hydrogen) atoms. The number of fused-ring (bicyclic) bond motifs is 1. The van der Waals surface area contributed by atoms with E-state index in [-0.39, 0.29) is 6.08 Å². The van der Waals surface area contributed by atoms with E-state index >= 15 is 0 Å². The molecule has 0 fully saturated rings. The minimum absolute atomic E-state index is 0.135. The predicted octanol–water partition coefficient (Wildman–Crippen LogP) is 3.21. The summed E-state index contributed by atoms with van der Waals surface area (Å²) in [5.41, 5.74) is 2.61. The first-order valence-electron chi connectivity index (χ1n) is 8.88. The number of rotatable bonds is 4. The smallest absolute Gasteiger partial charge is 0.387 e. The topological polar surface area (TPSA) is 69.6 Å². The van der Waals surface area contributed by atoms with Crippen LogP contribution in [-0.4, -0.2) is 35.9 Å². The first-order chi connectivity index (χ1) is 13.7. The summed E-state index contributed by atoms with van der Waals surface area (Å²) >= 11 is 0. The highest BCUT2D eigenvalue weighted by Crippen LogP contribution is 2.31. The van der Waals surface area contributed by atoms with Crippen molar-refractivity contribution < 1.29 is 27.9 Å². The van der Waals surface area contributed by atoms with Crippen LogP contribution in [0.3, 0.4) is 0 Å². The van der Waals surface area contributed by atoms with E-state index in [1.54, 1.807) is 19.1 Å². The molecule has 1 heterocycles. The fourth-order valence-corrected chi connectivity index (χ4v) is 3.35. The molecule has 0 aromatic heterocycles. The monoisotopic (exact) mass is 404 g/mol. The van der Waals surface area contributed by atoms with Crippen LogP contribution in [0.15, 0.2) is 48.5 Å². The zero-order valence-corrected chi connectivity index (χ0v) is 15.5. The zero-order chi connectivity index (χ0) is 21.2. The maximum Gasteiger partial charge on any atom is 0.409 e. The number of aliphatic hydroxyl groups is 1. The highest BCUT2D eigenvalue weighted by molar-refractivity contribution is 6.00. The van der Waals surface area contributed by atoms with Gasteiger partial charge in [0.05, 0.1) is 0 Å². The molecular weight excluding hydrogens is 385 g/mol. The number of hydrogen-bond donors (Lipinski definition) is 2. The van der Waals surface area contributed by atoms with Crippen LogP contribution in [0.25, 0.3) is 6.08 Å². The molecule has 1 aliphatic heterocycles. The molecule has 5 nitrogen and oxygen atoms in total. The molecule has 0 saturated heterocycles. The lowest BCUT2D eigenvalue weighted by molar-refractivity contribution is -0.121. The number of carbonyl (C=O) groups is 2. The Kier molecular flexibility index (Phi) is 5.74. The van der Waals surface area contributed by atoms with Crippen LogP contribution in [0.4, 0.5) is 18.9 Å². The van der Waals surface area contributed by atoms with Crippen molar-refractivity contribution in [1.29, 1.82) is 0 Å². The molecule has 0 radical (unpaired) electrons. The van der Waals surface area contributed by atoms with Crippen LogP contribution < -0.4 is 10.2 Å². The number of hydrogen-bond acceptors (Lipinski definition) is 3. The van der Waals surface area contributed by atoms with Gasteiger partial charge in [0, 0.05) is 23.7 Å². The summed E-state index contributed by atoms with van der Waals surface area (Å²) in [5.74, 6) is -0.994. The number of halogens is 3. The molecule has 0 bridgehead atoms. The number of carbonyl (C=O) groups excluding carboxylic acids is 2. The van der Waals surface area contributed by atoms with Gasteiger partial charge in [-0.05, 0) is 35.7 Å². The highest BCUT2D eigenvalue weighted by atomic mass is 19.4. The van der Waals surface area contributed by atoms with Gasteiger partial charge < -0.3 is 10.4 Å². The zero-order valence-electron chi connectivity index (χ0n) is 15.5. The quantitative estimate of drug-likeness (QED) is 0.822. The maximum atomic E-state index is 12.7. The molecule has 8 heteroatoms. The van der Waals surface area contributed by atoms with Crippen molar-refractivity contribution in [3.8, 4) is 0 Å². The first-order valence-corrected chi connectivity index (χ1v) is 8.88. The molecule has 1 atom stereocenters. The lowest BCUT2D eigenvalue weighted by Gasteiger charge is -2.26. The average molecular weight is 404 g/mol. The van der Waals surface area contributed by atoms with E-state index in [4.69, 9.17) is 0 Å². The molecule has 2 amide bonds. The number of anilines is 1. The van der Waals surface area contributed by atoms with Crippen LogP contribution in [0.5, 0.6) is 0 Å². The van der Waals surface area contributed by atoms with Crippen molar-refractivity contribution >= 4 is 23.6 Å². The number of benzene rings is 2. The largest absolute Gasteiger partial charge is 0.409 e. The van der Waals surface area contributed by atoms with Gasteiger partial charge in [-0.3, -0.25) is 14.5 Å². The van der Waals surface area contributed by atoms with Crippen LogP contribution in [-0.2, 0) is 11.2 Å². The molecule has 3 rings (SSSR count). The van der Waals surface area contributed by atoms with Gasteiger partial charge in [-0.1, -0.05) is 36.4 Å². The summed E-state index contributed by atoms with van der Waals surface area (Å²) in [6.45, 7) is 0.930. The number of nitrogens with one attached hydrogen (secondary N) is 1. The molecule has 152 valence electrons. The maximum absolute atomic E-state index is 12.7. The number of nitrogens with zero attached hydrogens (tertiary/aromatic N) is 1. The van der Waals surface area contributed by atoms with Gasteiger partial charge in [0.1, 0.15) is 12.8 Å². The molecule has 0 aliphatic carbocycles. The van der Waals surface area contributed by atoms with Gasteiger partial charge in [-0.15, -0.1) is 0 Å². The van der Waals surface area contributed by atoms with Gasteiger partial charge in [0.2, 0.25) is 0 Å². The second-order valence-electron chi connectivity index (χ2n) is 6.69. The van der Waals surface area contributed by atoms with Crippen molar-refractivity contribution in [2.24, 2.45) is 0 Å². The van der Waals surface area contributed by atoms with E-state index in [0.717, 1.165) is 11.6 Å². The number of alkyl halides is 3. The number of allylic oxidation sites excluding steroid dienone is 1. The number of amides is 2. The van der Waals surface area contributed by atoms with Crippen LogP contribution >= 0.6 is 0 Å². The van der Waals surface area contributed by atoms with E-state index in [9.17, 15) is 27.9 Å². The van der Waals surface area contributed by atoms with Crippen LogP contribution in [0.1, 0.15) is 27.0 Å². The van der Waals surface area contributed by atoms with Crippen molar-refractivity contribution in [3.05, 3.63) is 70.8 Å². The first kappa shape index (κ1) is 20.6. The summed E-state index contributed by atoms with van der Waals surface area (Å²) in [6.07, 6.45) is -3.62. The third kappa shape index (κ3) is 4.65. The van der Waals surface area contributed by atoms with E-state index in [1.807, 2.05) is 12.1 Å². The lowest BCUT2D eigenvalue weighted by Crippen LogP contribution is -2.50. The molecule has 1 unspecified atom stereocenters. The van der Waals surface area contributed by atoms with E-state index < -0.39 is 30.8 Å². The highest BCUT2D eigenvalue weighted by Gasteiger charge is 2.34. The Morgan fingerprint density at radius 2 is 1.97 bits per heavy atom. The summed E-state index contributed by atoms with van der Waals surface area (Å²) in [6, 6.07) is 11.5. The third-order valence-electron chi connectivity index (χ3n) is 4.64. The molecule has 2 N–H and O–H groups in total. The Morgan fingerprint density at radius 1 is 1.24 bits per heavy atom. The second-order valence-corrected chi connectivity index (χ2v) is 6.69. The summed E-state index contributed by atoms with van der Waals surface area (Å²) in [4.78, 5) is 26.3. The SMILES string of the molecule is Cc1cc(C=CC(F)(F)F)ccc1C(=O)NC1Cc2ccccc2N1C(=O)CO. The van der Waals surface area contributed by atoms with Gasteiger partial charge in [-0.2, -0.15) is 13.2 Å². The normalized spacial score (nSPS) is 16.2.